The summed E-state index contributed by atoms with van der Waals surface area (Å²) >= 11 is 5.89. The third-order valence-corrected chi connectivity index (χ3v) is 3.40. The van der Waals surface area contributed by atoms with Crippen molar-refractivity contribution in [3.63, 3.8) is 0 Å². The van der Waals surface area contributed by atoms with Crippen LogP contribution in [0.2, 0.25) is 5.02 Å². The van der Waals surface area contributed by atoms with Gasteiger partial charge < -0.3 is 14.5 Å². The lowest BCUT2D eigenvalue weighted by Crippen LogP contribution is -2.30. The maximum Gasteiger partial charge on any atom is 0.342 e. The van der Waals surface area contributed by atoms with E-state index in [2.05, 4.69) is 5.32 Å². The lowest BCUT2D eigenvalue weighted by molar-refractivity contribution is -0.123. The standard InChI is InChI=1S/C16H13ClN2O4/c1-9-13(5-6-22-9)16(21)23-10(2)15(20)19-12-4-3-11(8-18)14(17)7-12/h3-7,10H,1-2H3,(H,19,20)/t10-/m1/s1. The maximum atomic E-state index is 12.0. The first-order valence-corrected chi connectivity index (χ1v) is 7.05. The van der Waals surface area contributed by atoms with Crippen LogP contribution in [0.4, 0.5) is 5.69 Å². The molecule has 118 valence electrons. The molecule has 1 aromatic carbocycles. The summed E-state index contributed by atoms with van der Waals surface area (Å²) in [4.78, 5) is 24.0. The van der Waals surface area contributed by atoms with E-state index in [1.807, 2.05) is 6.07 Å². The molecule has 0 saturated carbocycles. The number of aryl methyl sites for hydroxylation is 1. The van der Waals surface area contributed by atoms with E-state index in [0.717, 1.165) is 0 Å². The molecule has 0 aliphatic rings. The number of nitriles is 1. The van der Waals surface area contributed by atoms with Crippen molar-refractivity contribution in [3.8, 4) is 6.07 Å². The summed E-state index contributed by atoms with van der Waals surface area (Å²) in [6, 6.07) is 7.88. The fourth-order valence-electron chi connectivity index (χ4n) is 1.80. The smallest absolute Gasteiger partial charge is 0.342 e. The summed E-state index contributed by atoms with van der Waals surface area (Å²) in [6.45, 7) is 3.08. The van der Waals surface area contributed by atoms with Gasteiger partial charge in [-0.3, -0.25) is 4.79 Å². The molecule has 0 spiro atoms. The van der Waals surface area contributed by atoms with Gasteiger partial charge in [-0.05, 0) is 38.1 Å². The Morgan fingerprint density at radius 2 is 2.13 bits per heavy atom. The van der Waals surface area contributed by atoms with Crippen molar-refractivity contribution in [2.24, 2.45) is 0 Å². The predicted molar refractivity (Wildman–Crippen MR) is 83.1 cm³/mol. The second-order valence-electron chi connectivity index (χ2n) is 4.73. The van der Waals surface area contributed by atoms with Gasteiger partial charge in [0.25, 0.3) is 5.91 Å². The summed E-state index contributed by atoms with van der Waals surface area (Å²) in [5.41, 5.74) is 0.979. The second kappa shape index (κ2) is 6.99. The van der Waals surface area contributed by atoms with Crippen molar-refractivity contribution in [1.29, 1.82) is 5.26 Å². The van der Waals surface area contributed by atoms with Crippen molar-refractivity contribution in [2.75, 3.05) is 5.32 Å². The van der Waals surface area contributed by atoms with Gasteiger partial charge in [0.15, 0.2) is 6.10 Å². The average Bonchev–Trinajstić information content (AvgIpc) is 2.93. The third kappa shape index (κ3) is 3.90. The second-order valence-corrected chi connectivity index (χ2v) is 5.14. The first-order valence-electron chi connectivity index (χ1n) is 6.68. The third-order valence-electron chi connectivity index (χ3n) is 3.09. The Morgan fingerprint density at radius 3 is 2.70 bits per heavy atom. The molecule has 0 radical (unpaired) electrons. The van der Waals surface area contributed by atoms with Gasteiger partial charge in [0.2, 0.25) is 0 Å². The number of nitrogens with one attached hydrogen (secondary N) is 1. The average molecular weight is 333 g/mol. The number of furan rings is 1. The lowest BCUT2D eigenvalue weighted by atomic mass is 10.2. The van der Waals surface area contributed by atoms with Crippen LogP contribution in [0.3, 0.4) is 0 Å². The minimum absolute atomic E-state index is 0.226. The Kier molecular flexibility index (Phi) is 5.04. The monoisotopic (exact) mass is 332 g/mol. The van der Waals surface area contributed by atoms with Gasteiger partial charge >= 0.3 is 5.97 Å². The van der Waals surface area contributed by atoms with E-state index >= 15 is 0 Å². The Hall–Kier alpha value is -2.78. The molecule has 7 heteroatoms. The quantitative estimate of drug-likeness (QED) is 0.867. The predicted octanol–water partition coefficient (Wildman–Crippen LogP) is 3.30. The summed E-state index contributed by atoms with van der Waals surface area (Å²) in [6.07, 6.45) is 0.362. The van der Waals surface area contributed by atoms with Crippen LogP contribution < -0.4 is 5.32 Å². The topological polar surface area (TPSA) is 92.3 Å². The lowest BCUT2D eigenvalue weighted by Gasteiger charge is -2.13. The number of esters is 1. The number of anilines is 1. The number of nitrogens with zero attached hydrogens (tertiary/aromatic N) is 1. The zero-order valence-corrected chi connectivity index (χ0v) is 13.2. The Labute approximate surface area is 137 Å². The van der Waals surface area contributed by atoms with Gasteiger partial charge in [0.05, 0.1) is 16.8 Å². The van der Waals surface area contributed by atoms with E-state index in [4.69, 9.17) is 26.0 Å². The van der Waals surface area contributed by atoms with Crippen molar-refractivity contribution in [3.05, 3.63) is 52.4 Å². The van der Waals surface area contributed by atoms with E-state index in [1.165, 1.54) is 37.5 Å². The molecule has 0 saturated heterocycles. The minimum atomic E-state index is -1.01. The molecule has 1 N–H and O–H groups in total. The Bertz CT molecular complexity index is 792. The SMILES string of the molecule is Cc1occc1C(=O)O[C@H](C)C(=O)Nc1ccc(C#N)c(Cl)c1. The Balaban J connectivity index is 2.00. The summed E-state index contributed by atoms with van der Waals surface area (Å²) < 4.78 is 10.1. The zero-order chi connectivity index (χ0) is 17.0. The van der Waals surface area contributed by atoms with E-state index < -0.39 is 18.0 Å². The largest absolute Gasteiger partial charge is 0.469 e. The Morgan fingerprint density at radius 1 is 1.39 bits per heavy atom. The molecule has 1 atom stereocenters. The van der Waals surface area contributed by atoms with Gasteiger partial charge in [0, 0.05) is 5.69 Å². The number of rotatable bonds is 4. The number of carbonyl (C=O) groups is 2. The molecule has 0 bridgehead atoms. The fourth-order valence-corrected chi connectivity index (χ4v) is 2.02. The van der Waals surface area contributed by atoms with Gasteiger partial charge in [-0.25, -0.2) is 4.79 Å². The molecule has 2 rings (SSSR count). The van der Waals surface area contributed by atoms with E-state index in [9.17, 15) is 9.59 Å². The molecular weight excluding hydrogens is 320 g/mol. The van der Waals surface area contributed by atoms with Crippen LogP contribution in [0, 0.1) is 18.3 Å². The number of benzene rings is 1. The number of halogens is 1. The highest BCUT2D eigenvalue weighted by molar-refractivity contribution is 6.32. The summed E-state index contributed by atoms with van der Waals surface area (Å²) in [5.74, 6) is -0.737. The summed E-state index contributed by atoms with van der Waals surface area (Å²) in [5, 5.41) is 11.6. The number of hydrogen-bond donors (Lipinski definition) is 1. The van der Waals surface area contributed by atoms with Gasteiger partial charge in [0.1, 0.15) is 17.4 Å². The molecule has 6 nitrogen and oxygen atoms in total. The van der Waals surface area contributed by atoms with E-state index in [0.29, 0.717) is 17.0 Å². The molecule has 0 aliphatic carbocycles. The highest BCUT2D eigenvalue weighted by Crippen LogP contribution is 2.20. The maximum absolute atomic E-state index is 12.0. The molecule has 1 amide bonds. The van der Waals surface area contributed by atoms with Crippen LogP contribution >= 0.6 is 11.6 Å². The molecule has 1 aromatic heterocycles. The molecule has 2 aromatic rings. The van der Waals surface area contributed by atoms with Crippen molar-refractivity contribution in [2.45, 2.75) is 20.0 Å². The van der Waals surface area contributed by atoms with E-state index in [1.54, 1.807) is 6.92 Å². The van der Waals surface area contributed by atoms with Crippen LogP contribution in [0.15, 0.2) is 34.9 Å². The summed E-state index contributed by atoms with van der Waals surface area (Å²) in [7, 11) is 0. The molecular formula is C16H13ClN2O4. The van der Waals surface area contributed by atoms with Crippen LogP contribution in [-0.2, 0) is 9.53 Å². The molecule has 0 unspecified atom stereocenters. The zero-order valence-electron chi connectivity index (χ0n) is 12.4. The highest BCUT2D eigenvalue weighted by Gasteiger charge is 2.21. The number of ether oxygens (including phenoxy) is 1. The van der Waals surface area contributed by atoms with Crippen LogP contribution in [0.5, 0.6) is 0 Å². The molecule has 0 aliphatic heterocycles. The number of amides is 1. The first kappa shape index (κ1) is 16.6. The molecule has 1 heterocycles. The normalized spacial score (nSPS) is 11.4. The van der Waals surface area contributed by atoms with Crippen molar-refractivity contribution < 1.29 is 18.7 Å². The van der Waals surface area contributed by atoms with Crippen LogP contribution in [0.25, 0.3) is 0 Å². The molecule has 0 fully saturated rings. The van der Waals surface area contributed by atoms with Gasteiger partial charge in [-0.1, -0.05) is 11.6 Å². The van der Waals surface area contributed by atoms with Gasteiger partial charge in [-0.2, -0.15) is 5.26 Å². The highest BCUT2D eigenvalue weighted by atomic mass is 35.5. The fraction of sp³-hybridized carbons (Fsp3) is 0.188. The minimum Gasteiger partial charge on any atom is -0.469 e. The van der Waals surface area contributed by atoms with E-state index in [-0.39, 0.29) is 10.6 Å². The molecule has 23 heavy (non-hydrogen) atoms. The number of hydrogen-bond acceptors (Lipinski definition) is 5. The van der Waals surface area contributed by atoms with Crippen LogP contribution in [-0.4, -0.2) is 18.0 Å². The number of carbonyl (C=O) groups excluding carboxylic acids is 2. The van der Waals surface area contributed by atoms with Gasteiger partial charge in [-0.15, -0.1) is 0 Å². The van der Waals surface area contributed by atoms with Crippen LogP contribution in [0.1, 0.15) is 28.6 Å². The first-order chi connectivity index (χ1) is 10.9. The van der Waals surface area contributed by atoms with Crippen molar-refractivity contribution in [1.82, 2.24) is 0 Å². The van der Waals surface area contributed by atoms with Crippen molar-refractivity contribution >= 4 is 29.2 Å².